The van der Waals surface area contributed by atoms with Crippen LogP contribution in [-0.2, 0) is 10.0 Å². The third-order valence-corrected chi connectivity index (χ3v) is 6.84. The molecule has 0 aromatic heterocycles. The maximum Gasteiger partial charge on any atom is 0.243 e. The van der Waals surface area contributed by atoms with Gasteiger partial charge in [-0.2, -0.15) is 4.31 Å². The van der Waals surface area contributed by atoms with Crippen LogP contribution in [0, 0.1) is 6.92 Å². The molecule has 2 aromatic rings. The average molecular weight is 387 g/mol. The number of ketones is 1. The lowest BCUT2D eigenvalue weighted by atomic mass is 10.1. The third kappa shape index (κ3) is 4.76. The van der Waals surface area contributed by atoms with Gasteiger partial charge in [-0.25, -0.2) is 8.42 Å². The fraction of sp³-hybridized carbons (Fsp3) is 0.381. The first-order valence-corrected chi connectivity index (χ1v) is 10.9. The van der Waals surface area contributed by atoms with Crippen molar-refractivity contribution in [2.75, 3.05) is 25.0 Å². The van der Waals surface area contributed by atoms with E-state index in [1.165, 1.54) is 6.07 Å². The van der Waals surface area contributed by atoms with E-state index in [0.29, 0.717) is 18.7 Å². The Labute approximate surface area is 161 Å². The first kappa shape index (κ1) is 19.6. The molecule has 0 atom stereocenters. The fourth-order valence-electron chi connectivity index (χ4n) is 3.31. The molecule has 0 spiro atoms. The number of hydrogen-bond acceptors (Lipinski definition) is 4. The number of hydrogen-bond donors (Lipinski definition) is 1. The van der Waals surface area contributed by atoms with E-state index in [2.05, 4.69) is 5.32 Å². The number of para-hydroxylation sites is 1. The van der Waals surface area contributed by atoms with E-state index in [1.807, 2.05) is 31.2 Å². The van der Waals surface area contributed by atoms with E-state index in [9.17, 15) is 13.2 Å². The van der Waals surface area contributed by atoms with Crippen LogP contribution in [0.25, 0.3) is 0 Å². The largest absolute Gasteiger partial charge is 0.377 e. The van der Waals surface area contributed by atoms with Gasteiger partial charge in [0.25, 0.3) is 0 Å². The lowest BCUT2D eigenvalue weighted by molar-refractivity contribution is 0.101. The summed E-state index contributed by atoms with van der Waals surface area (Å²) in [5.41, 5.74) is 2.37. The quantitative estimate of drug-likeness (QED) is 0.766. The first-order chi connectivity index (χ1) is 13.0. The van der Waals surface area contributed by atoms with E-state index in [0.717, 1.165) is 36.9 Å². The van der Waals surface area contributed by atoms with Gasteiger partial charge in [-0.1, -0.05) is 43.2 Å². The van der Waals surface area contributed by atoms with Crippen molar-refractivity contribution in [3.05, 3.63) is 59.7 Å². The summed E-state index contributed by atoms with van der Waals surface area (Å²) in [6.07, 6.45) is 3.90. The SMILES string of the molecule is Cc1ccccc1NCC(=O)c1cccc(S(=O)(=O)N2CCCCCC2)c1. The molecule has 27 heavy (non-hydrogen) atoms. The highest BCUT2D eigenvalue weighted by Crippen LogP contribution is 2.21. The minimum absolute atomic E-state index is 0.123. The van der Waals surface area contributed by atoms with Gasteiger partial charge >= 0.3 is 0 Å². The summed E-state index contributed by atoms with van der Waals surface area (Å²) in [5.74, 6) is -0.133. The predicted octanol–water partition coefficient (Wildman–Crippen LogP) is 3.85. The Morgan fingerprint density at radius 2 is 1.70 bits per heavy atom. The zero-order valence-corrected chi connectivity index (χ0v) is 16.5. The maximum absolute atomic E-state index is 12.9. The van der Waals surface area contributed by atoms with E-state index in [-0.39, 0.29) is 17.2 Å². The van der Waals surface area contributed by atoms with Crippen LogP contribution in [0.1, 0.15) is 41.6 Å². The van der Waals surface area contributed by atoms with Crippen LogP contribution in [-0.4, -0.2) is 38.1 Å². The Morgan fingerprint density at radius 1 is 1.00 bits per heavy atom. The van der Waals surface area contributed by atoms with Gasteiger partial charge in [0, 0.05) is 24.3 Å². The molecule has 0 unspecified atom stereocenters. The maximum atomic E-state index is 12.9. The predicted molar refractivity (Wildman–Crippen MR) is 108 cm³/mol. The van der Waals surface area contributed by atoms with Crippen molar-refractivity contribution >= 4 is 21.5 Å². The van der Waals surface area contributed by atoms with Crippen LogP contribution >= 0.6 is 0 Å². The number of carbonyl (C=O) groups is 1. The van der Waals surface area contributed by atoms with Gasteiger partial charge < -0.3 is 5.32 Å². The second-order valence-corrected chi connectivity index (χ2v) is 8.88. The molecule has 144 valence electrons. The molecule has 1 N–H and O–H groups in total. The van der Waals surface area contributed by atoms with Crippen molar-refractivity contribution in [3.63, 3.8) is 0 Å². The second-order valence-electron chi connectivity index (χ2n) is 6.94. The number of anilines is 1. The monoisotopic (exact) mass is 386 g/mol. The first-order valence-electron chi connectivity index (χ1n) is 9.41. The number of sulfonamides is 1. The van der Waals surface area contributed by atoms with Crippen LogP contribution in [0.4, 0.5) is 5.69 Å². The summed E-state index contributed by atoms with van der Waals surface area (Å²) in [4.78, 5) is 12.8. The van der Waals surface area contributed by atoms with Crippen molar-refractivity contribution in [2.24, 2.45) is 0 Å². The lowest BCUT2D eigenvalue weighted by Gasteiger charge is -2.20. The highest BCUT2D eigenvalue weighted by molar-refractivity contribution is 7.89. The standard InChI is InChI=1S/C21H26N2O3S/c1-17-9-4-5-12-20(17)22-16-21(24)18-10-8-11-19(15-18)27(25,26)23-13-6-2-3-7-14-23/h4-5,8-12,15,22H,2-3,6-7,13-14,16H2,1H3. The molecular formula is C21H26N2O3S. The van der Waals surface area contributed by atoms with E-state index in [4.69, 9.17) is 0 Å². The van der Waals surface area contributed by atoms with Crippen molar-refractivity contribution in [2.45, 2.75) is 37.5 Å². The van der Waals surface area contributed by atoms with Gasteiger partial charge in [-0.05, 0) is 43.5 Å². The van der Waals surface area contributed by atoms with Crippen LogP contribution in [0.2, 0.25) is 0 Å². The summed E-state index contributed by atoms with van der Waals surface area (Å²) in [7, 11) is -3.55. The van der Waals surface area contributed by atoms with Gasteiger partial charge in [0.1, 0.15) is 0 Å². The molecule has 0 saturated carbocycles. The van der Waals surface area contributed by atoms with Gasteiger partial charge in [-0.15, -0.1) is 0 Å². The number of rotatable bonds is 6. The summed E-state index contributed by atoms with van der Waals surface area (Å²) in [5, 5.41) is 3.13. The Bertz CT molecular complexity index is 901. The smallest absolute Gasteiger partial charge is 0.243 e. The van der Waals surface area contributed by atoms with Crippen molar-refractivity contribution in [3.8, 4) is 0 Å². The van der Waals surface area contributed by atoms with Crippen LogP contribution in [0.3, 0.4) is 0 Å². The number of benzene rings is 2. The summed E-state index contributed by atoms with van der Waals surface area (Å²) >= 11 is 0. The van der Waals surface area contributed by atoms with Crippen LogP contribution in [0.5, 0.6) is 0 Å². The molecule has 6 heteroatoms. The second kappa shape index (κ2) is 8.67. The van der Waals surface area contributed by atoms with Crippen molar-refractivity contribution in [1.29, 1.82) is 0 Å². The Hall–Kier alpha value is -2.18. The zero-order chi connectivity index (χ0) is 19.3. The number of nitrogens with one attached hydrogen (secondary N) is 1. The van der Waals surface area contributed by atoms with E-state index >= 15 is 0 Å². The molecule has 1 fully saturated rings. The van der Waals surface area contributed by atoms with Crippen molar-refractivity contribution in [1.82, 2.24) is 4.31 Å². The summed E-state index contributed by atoms with van der Waals surface area (Å²) in [6.45, 7) is 3.20. The minimum atomic E-state index is -3.55. The third-order valence-electron chi connectivity index (χ3n) is 4.94. The molecule has 2 aromatic carbocycles. The normalized spacial score (nSPS) is 15.9. The molecule has 0 radical (unpaired) electrons. The molecule has 0 aliphatic carbocycles. The van der Waals surface area contributed by atoms with Crippen LogP contribution in [0.15, 0.2) is 53.4 Å². The molecule has 5 nitrogen and oxygen atoms in total. The number of carbonyl (C=O) groups excluding carboxylic acids is 1. The van der Waals surface area contributed by atoms with Crippen molar-refractivity contribution < 1.29 is 13.2 Å². The van der Waals surface area contributed by atoms with Crippen LogP contribution < -0.4 is 5.32 Å². The number of Topliss-reactive ketones (excluding diaryl/α,β-unsaturated/α-hetero) is 1. The number of aryl methyl sites for hydroxylation is 1. The van der Waals surface area contributed by atoms with Gasteiger partial charge in [-0.3, -0.25) is 4.79 Å². The van der Waals surface area contributed by atoms with Gasteiger partial charge in [0.2, 0.25) is 10.0 Å². The zero-order valence-electron chi connectivity index (χ0n) is 15.6. The molecule has 1 heterocycles. The summed E-state index contributed by atoms with van der Waals surface area (Å²) in [6, 6.07) is 14.1. The Kier molecular flexibility index (Phi) is 6.29. The summed E-state index contributed by atoms with van der Waals surface area (Å²) < 4.78 is 27.4. The molecule has 1 aliphatic heterocycles. The molecule has 1 saturated heterocycles. The van der Waals surface area contributed by atoms with E-state index in [1.54, 1.807) is 22.5 Å². The molecule has 3 rings (SSSR count). The molecular weight excluding hydrogens is 360 g/mol. The Morgan fingerprint density at radius 3 is 2.41 bits per heavy atom. The highest BCUT2D eigenvalue weighted by atomic mass is 32.2. The fourth-order valence-corrected chi connectivity index (χ4v) is 4.87. The lowest BCUT2D eigenvalue weighted by Crippen LogP contribution is -2.32. The topological polar surface area (TPSA) is 66.5 Å². The number of nitrogens with zero attached hydrogens (tertiary/aromatic N) is 1. The molecule has 0 amide bonds. The van der Waals surface area contributed by atoms with E-state index < -0.39 is 10.0 Å². The molecule has 1 aliphatic rings. The minimum Gasteiger partial charge on any atom is -0.377 e. The highest BCUT2D eigenvalue weighted by Gasteiger charge is 2.25. The van der Waals surface area contributed by atoms with Gasteiger partial charge in [0.05, 0.1) is 11.4 Å². The molecule has 0 bridgehead atoms. The van der Waals surface area contributed by atoms with Gasteiger partial charge in [0.15, 0.2) is 5.78 Å². The Balaban J connectivity index is 1.74. The average Bonchev–Trinajstić information content (AvgIpc) is 2.97.